The highest BCUT2D eigenvalue weighted by molar-refractivity contribution is 5.96. The molecule has 1 aromatic rings. The molecule has 0 aromatic heterocycles. The van der Waals surface area contributed by atoms with E-state index >= 15 is 0 Å². The summed E-state index contributed by atoms with van der Waals surface area (Å²) in [4.78, 5) is 11.7. The molecule has 1 N–H and O–H groups in total. The van der Waals surface area contributed by atoms with Gasteiger partial charge in [0, 0.05) is 12.0 Å². The van der Waals surface area contributed by atoms with Gasteiger partial charge in [-0.1, -0.05) is 23.8 Å². The first-order valence-electron chi connectivity index (χ1n) is 5.21. The lowest BCUT2D eigenvalue weighted by atomic mass is 9.97. The molecule has 15 heavy (non-hydrogen) atoms. The van der Waals surface area contributed by atoms with Crippen LogP contribution in [0.5, 0.6) is 0 Å². The van der Waals surface area contributed by atoms with Crippen LogP contribution in [0.25, 0.3) is 0 Å². The molecule has 0 heterocycles. The highest BCUT2D eigenvalue weighted by atomic mass is 16.3. The van der Waals surface area contributed by atoms with E-state index in [4.69, 9.17) is 0 Å². The summed E-state index contributed by atoms with van der Waals surface area (Å²) in [5.41, 5.74) is 1.06. The van der Waals surface area contributed by atoms with E-state index in [-0.39, 0.29) is 5.78 Å². The third kappa shape index (κ3) is 4.26. The zero-order valence-corrected chi connectivity index (χ0v) is 9.58. The molecule has 0 aliphatic heterocycles. The predicted octanol–water partition coefficient (Wildman–Crippen LogP) is 2.73. The summed E-state index contributed by atoms with van der Waals surface area (Å²) in [6.45, 7) is 5.40. The maximum atomic E-state index is 11.7. The highest BCUT2D eigenvalue weighted by Crippen LogP contribution is 2.14. The summed E-state index contributed by atoms with van der Waals surface area (Å²) >= 11 is 0. The molecule has 0 radical (unpaired) electrons. The third-order valence-electron chi connectivity index (χ3n) is 2.30. The van der Waals surface area contributed by atoms with Gasteiger partial charge in [-0.3, -0.25) is 4.79 Å². The fraction of sp³-hybridized carbons (Fsp3) is 0.462. The summed E-state index contributed by atoms with van der Waals surface area (Å²) in [6.07, 6.45) is 0.896. The first kappa shape index (κ1) is 11.9. The van der Waals surface area contributed by atoms with Gasteiger partial charge in [-0.05, 0) is 33.3 Å². The van der Waals surface area contributed by atoms with Crippen molar-refractivity contribution in [3.8, 4) is 0 Å². The molecule has 2 nitrogen and oxygen atoms in total. The van der Waals surface area contributed by atoms with Crippen molar-refractivity contribution in [3.05, 3.63) is 35.4 Å². The standard InChI is InChI=1S/C13H18O2/c1-10-5-4-6-11(9-10)12(14)7-8-13(2,3)15/h4-6,9,15H,7-8H2,1-3H3. The van der Waals surface area contributed by atoms with Crippen LogP contribution >= 0.6 is 0 Å². The molecule has 0 fully saturated rings. The van der Waals surface area contributed by atoms with Crippen LogP contribution in [0.1, 0.15) is 42.6 Å². The number of ketones is 1. The van der Waals surface area contributed by atoms with Crippen molar-refractivity contribution in [1.82, 2.24) is 0 Å². The summed E-state index contributed by atoms with van der Waals surface area (Å²) in [6, 6.07) is 7.55. The van der Waals surface area contributed by atoms with E-state index in [9.17, 15) is 9.90 Å². The third-order valence-corrected chi connectivity index (χ3v) is 2.30. The molecular weight excluding hydrogens is 188 g/mol. The second-order valence-electron chi connectivity index (χ2n) is 4.61. The number of aliphatic hydroxyl groups is 1. The zero-order chi connectivity index (χ0) is 11.5. The van der Waals surface area contributed by atoms with E-state index in [0.29, 0.717) is 12.8 Å². The molecule has 0 bridgehead atoms. The van der Waals surface area contributed by atoms with E-state index in [2.05, 4.69) is 0 Å². The van der Waals surface area contributed by atoms with Crippen molar-refractivity contribution in [2.24, 2.45) is 0 Å². The lowest BCUT2D eigenvalue weighted by Gasteiger charge is -2.15. The second-order valence-corrected chi connectivity index (χ2v) is 4.61. The van der Waals surface area contributed by atoms with E-state index in [1.54, 1.807) is 13.8 Å². The molecule has 0 spiro atoms. The maximum absolute atomic E-state index is 11.7. The minimum atomic E-state index is -0.764. The van der Waals surface area contributed by atoms with Crippen LogP contribution in [-0.2, 0) is 0 Å². The number of carbonyl (C=O) groups excluding carboxylic acids is 1. The molecule has 0 unspecified atom stereocenters. The SMILES string of the molecule is Cc1cccc(C(=O)CCC(C)(C)O)c1. The lowest BCUT2D eigenvalue weighted by molar-refractivity contribution is 0.0633. The van der Waals surface area contributed by atoms with Gasteiger partial charge >= 0.3 is 0 Å². The summed E-state index contributed by atoms with van der Waals surface area (Å²) < 4.78 is 0. The van der Waals surface area contributed by atoms with Gasteiger partial charge < -0.3 is 5.11 Å². The van der Waals surface area contributed by atoms with Gasteiger partial charge in [0.15, 0.2) is 5.78 Å². The Kier molecular flexibility index (Phi) is 3.64. The fourth-order valence-electron chi connectivity index (χ4n) is 1.38. The smallest absolute Gasteiger partial charge is 0.162 e. The zero-order valence-electron chi connectivity index (χ0n) is 9.58. The molecule has 0 aliphatic rings. The lowest BCUT2D eigenvalue weighted by Crippen LogP contribution is -2.19. The number of benzene rings is 1. The Labute approximate surface area is 90.9 Å². The van der Waals surface area contributed by atoms with Gasteiger partial charge in [-0.25, -0.2) is 0 Å². The van der Waals surface area contributed by atoms with Gasteiger partial charge in [0.25, 0.3) is 0 Å². The van der Waals surface area contributed by atoms with Gasteiger partial charge in [0.05, 0.1) is 5.60 Å². The molecule has 0 amide bonds. The van der Waals surface area contributed by atoms with Gasteiger partial charge in [-0.15, -0.1) is 0 Å². The Balaban J connectivity index is 2.62. The van der Waals surface area contributed by atoms with Crippen molar-refractivity contribution < 1.29 is 9.90 Å². The topological polar surface area (TPSA) is 37.3 Å². The number of carbonyl (C=O) groups is 1. The van der Waals surface area contributed by atoms with Crippen molar-refractivity contribution >= 4 is 5.78 Å². The fourth-order valence-corrected chi connectivity index (χ4v) is 1.38. The van der Waals surface area contributed by atoms with Crippen LogP contribution in [0.4, 0.5) is 0 Å². The molecule has 0 aliphatic carbocycles. The molecule has 0 saturated carbocycles. The molecule has 1 aromatic carbocycles. The Morgan fingerprint density at radius 3 is 2.60 bits per heavy atom. The van der Waals surface area contributed by atoms with Crippen LogP contribution < -0.4 is 0 Å². The minimum Gasteiger partial charge on any atom is -0.390 e. The average Bonchev–Trinajstić information content (AvgIpc) is 2.13. The molecule has 1 rings (SSSR count). The number of hydrogen-bond donors (Lipinski definition) is 1. The van der Waals surface area contributed by atoms with Gasteiger partial charge in [-0.2, -0.15) is 0 Å². The average molecular weight is 206 g/mol. The van der Waals surface area contributed by atoms with Crippen LogP contribution in [0, 0.1) is 6.92 Å². The predicted molar refractivity (Wildman–Crippen MR) is 61.0 cm³/mol. The summed E-state index contributed by atoms with van der Waals surface area (Å²) in [7, 11) is 0. The van der Waals surface area contributed by atoms with Crippen LogP contribution in [0.2, 0.25) is 0 Å². The Morgan fingerprint density at radius 2 is 2.07 bits per heavy atom. The molecule has 0 atom stereocenters. The largest absolute Gasteiger partial charge is 0.390 e. The molecule has 0 saturated heterocycles. The van der Waals surface area contributed by atoms with Crippen LogP contribution in [0.3, 0.4) is 0 Å². The normalized spacial score (nSPS) is 11.5. The first-order valence-corrected chi connectivity index (χ1v) is 5.21. The van der Waals surface area contributed by atoms with E-state index < -0.39 is 5.60 Å². The first-order chi connectivity index (χ1) is 6.88. The molecule has 82 valence electrons. The summed E-state index contributed by atoms with van der Waals surface area (Å²) in [5, 5.41) is 9.52. The molecular formula is C13H18O2. The van der Waals surface area contributed by atoms with E-state index in [1.807, 2.05) is 31.2 Å². The minimum absolute atomic E-state index is 0.0980. The monoisotopic (exact) mass is 206 g/mol. The Morgan fingerprint density at radius 1 is 1.40 bits per heavy atom. The van der Waals surface area contributed by atoms with Crippen molar-refractivity contribution in [1.29, 1.82) is 0 Å². The van der Waals surface area contributed by atoms with Crippen molar-refractivity contribution in [2.75, 3.05) is 0 Å². The highest BCUT2D eigenvalue weighted by Gasteiger charge is 2.15. The maximum Gasteiger partial charge on any atom is 0.162 e. The Hall–Kier alpha value is -1.15. The van der Waals surface area contributed by atoms with E-state index in [1.165, 1.54) is 0 Å². The second kappa shape index (κ2) is 4.58. The number of Topliss-reactive ketones (excluding diaryl/α,β-unsaturated/α-hetero) is 1. The quantitative estimate of drug-likeness (QED) is 0.769. The van der Waals surface area contributed by atoms with Gasteiger partial charge in [0.1, 0.15) is 0 Å². The van der Waals surface area contributed by atoms with Crippen molar-refractivity contribution in [3.63, 3.8) is 0 Å². The van der Waals surface area contributed by atoms with Crippen LogP contribution in [0.15, 0.2) is 24.3 Å². The molecule has 2 heteroatoms. The van der Waals surface area contributed by atoms with Crippen LogP contribution in [-0.4, -0.2) is 16.5 Å². The number of rotatable bonds is 4. The van der Waals surface area contributed by atoms with Crippen molar-refractivity contribution in [2.45, 2.75) is 39.2 Å². The van der Waals surface area contributed by atoms with Gasteiger partial charge in [0.2, 0.25) is 0 Å². The number of aryl methyl sites for hydroxylation is 1. The summed E-state index contributed by atoms with van der Waals surface area (Å²) in [5.74, 6) is 0.0980. The Bertz CT molecular complexity index is 348. The van der Waals surface area contributed by atoms with E-state index in [0.717, 1.165) is 11.1 Å². The number of hydrogen-bond acceptors (Lipinski definition) is 2.